The van der Waals surface area contributed by atoms with Crippen LogP contribution < -0.4 is 5.32 Å². The standard InChI is InChI=1S/C11H16N2O3/c1-7-8(14)12-10(16)13(9(7)15)6-11(2)4-3-5-11/h7H,3-6H2,1-2H3,(H,12,14,16). The Morgan fingerprint density at radius 3 is 2.50 bits per heavy atom. The van der Waals surface area contributed by atoms with Crippen molar-refractivity contribution in [2.24, 2.45) is 11.3 Å². The van der Waals surface area contributed by atoms with E-state index in [1.807, 2.05) is 0 Å². The number of nitrogens with one attached hydrogen (secondary N) is 1. The number of hydrogen-bond acceptors (Lipinski definition) is 3. The summed E-state index contributed by atoms with van der Waals surface area (Å²) in [6, 6.07) is -0.568. The Morgan fingerprint density at radius 2 is 2.00 bits per heavy atom. The predicted octanol–water partition coefficient (Wildman–Crippen LogP) is 0.891. The van der Waals surface area contributed by atoms with E-state index in [4.69, 9.17) is 0 Å². The molecule has 5 heteroatoms. The number of carbonyl (C=O) groups is 3. The summed E-state index contributed by atoms with van der Waals surface area (Å²) in [5.41, 5.74) is 0.0487. The van der Waals surface area contributed by atoms with Crippen molar-refractivity contribution in [2.45, 2.75) is 33.1 Å². The van der Waals surface area contributed by atoms with Crippen LogP contribution in [-0.4, -0.2) is 29.3 Å². The maximum absolute atomic E-state index is 11.8. The molecule has 0 bridgehead atoms. The molecular formula is C11H16N2O3. The summed E-state index contributed by atoms with van der Waals surface area (Å²) >= 11 is 0. The van der Waals surface area contributed by atoms with Gasteiger partial charge in [-0.1, -0.05) is 13.3 Å². The van der Waals surface area contributed by atoms with Crippen LogP contribution >= 0.6 is 0 Å². The van der Waals surface area contributed by atoms with Crippen LogP contribution in [0.5, 0.6) is 0 Å². The summed E-state index contributed by atoms with van der Waals surface area (Å²) in [5, 5.41) is 2.21. The molecule has 4 amide bonds. The second-order valence-electron chi connectivity index (χ2n) is 5.10. The molecule has 2 fully saturated rings. The molecule has 0 aromatic rings. The van der Waals surface area contributed by atoms with E-state index in [0.29, 0.717) is 6.54 Å². The molecule has 16 heavy (non-hydrogen) atoms. The molecule has 1 heterocycles. The third kappa shape index (κ3) is 1.70. The highest BCUT2D eigenvalue weighted by Gasteiger charge is 2.42. The van der Waals surface area contributed by atoms with Gasteiger partial charge >= 0.3 is 6.03 Å². The van der Waals surface area contributed by atoms with Crippen molar-refractivity contribution in [1.29, 1.82) is 0 Å². The molecule has 1 aliphatic carbocycles. The van der Waals surface area contributed by atoms with Crippen molar-refractivity contribution in [3.05, 3.63) is 0 Å². The Hall–Kier alpha value is -1.39. The lowest BCUT2D eigenvalue weighted by Gasteiger charge is -2.42. The average Bonchev–Trinajstić information content (AvgIpc) is 2.19. The summed E-state index contributed by atoms with van der Waals surface area (Å²) < 4.78 is 0. The van der Waals surface area contributed by atoms with Crippen molar-refractivity contribution in [3.8, 4) is 0 Å². The lowest BCUT2D eigenvalue weighted by atomic mass is 9.70. The number of barbiturate groups is 1. The minimum Gasteiger partial charge on any atom is -0.277 e. The Balaban J connectivity index is 2.10. The average molecular weight is 224 g/mol. The summed E-state index contributed by atoms with van der Waals surface area (Å²) in [6.07, 6.45) is 3.22. The van der Waals surface area contributed by atoms with Crippen LogP contribution in [0, 0.1) is 11.3 Å². The van der Waals surface area contributed by atoms with Gasteiger partial charge in [0.2, 0.25) is 11.8 Å². The summed E-state index contributed by atoms with van der Waals surface area (Å²) in [6.45, 7) is 4.02. The minimum atomic E-state index is -0.749. The van der Waals surface area contributed by atoms with E-state index in [0.717, 1.165) is 19.3 Å². The highest BCUT2D eigenvalue weighted by atomic mass is 16.2. The molecule has 0 aromatic carbocycles. The van der Waals surface area contributed by atoms with Gasteiger partial charge in [-0.25, -0.2) is 4.79 Å². The van der Waals surface area contributed by atoms with Gasteiger partial charge in [0.25, 0.3) is 0 Å². The second kappa shape index (κ2) is 3.57. The third-order valence-corrected chi connectivity index (χ3v) is 3.61. The molecule has 1 saturated carbocycles. The van der Waals surface area contributed by atoms with Crippen LogP contribution in [0.4, 0.5) is 4.79 Å². The van der Waals surface area contributed by atoms with Gasteiger partial charge in [0.15, 0.2) is 0 Å². The zero-order valence-electron chi connectivity index (χ0n) is 9.58. The van der Waals surface area contributed by atoms with E-state index < -0.39 is 17.9 Å². The maximum Gasteiger partial charge on any atom is 0.330 e. The zero-order valence-corrected chi connectivity index (χ0v) is 9.58. The predicted molar refractivity (Wildman–Crippen MR) is 56.4 cm³/mol. The van der Waals surface area contributed by atoms with Crippen LogP contribution in [0.15, 0.2) is 0 Å². The van der Waals surface area contributed by atoms with E-state index in [1.165, 1.54) is 11.8 Å². The molecule has 0 spiro atoms. The SMILES string of the molecule is CC1C(=O)NC(=O)N(CC2(C)CCC2)C1=O. The highest BCUT2D eigenvalue weighted by Crippen LogP contribution is 2.41. The number of carbonyl (C=O) groups excluding carboxylic acids is 3. The highest BCUT2D eigenvalue weighted by molar-refractivity contribution is 6.15. The third-order valence-electron chi connectivity index (χ3n) is 3.61. The molecule has 1 atom stereocenters. The van der Waals surface area contributed by atoms with Crippen molar-refractivity contribution in [1.82, 2.24) is 10.2 Å². The topological polar surface area (TPSA) is 66.5 Å². The molecule has 88 valence electrons. The monoisotopic (exact) mass is 224 g/mol. The molecule has 0 radical (unpaired) electrons. The molecule has 5 nitrogen and oxygen atoms in total. The summed E-state index contributed by atoms with van der Waals surface area (Å²) in [4.78, 5) is 35.8. The van der Waals surface area contributed by atoms with E-state index in [2.05, 4.69) is 12.2 Å². The lowest BCUT2D eigenvalue weighted by Crippen LogP contribution is -2.59. The Kier molecular flexibility index (Phi) is 2.48. The number of nitrogens with zero attached hydrogens (tertiary/aromatic N) is 1. The van der Waals surface area contributed by atoms with E-state index >= 15 is 0 Å². The molecular weight excluding hydrogens is 208 g/mol. The van der Waals surface area contributed by atoms with Gasteiger partial charge in [0, 0.05) is 6.54 Å². The summed E-state index contributed by atoms with van der Waals surface area (Å²) in [7, 11) is 0. The van der Waals surface area contributed by atoms with Crippen molar-refractivity contribution in [3.63, 3.8) is 0 Å². The van der Waals surface area contributed by atoms with Crippen LogP contribution in [0.25, 0.3) is 0 Å². The zero-order chi connectivity index (χ0) is 11.9. The fraction of sp³-hybridized carbons (Fsp3) is 0.727. The van der Waals surface area contributed by atoms with Crippen LogP contribution in [0.1, 0.15) is 33.1 Å². The smallest absolute Gasteiger partial charge is 0.277 e. The number of urea groups is 1. The normalized spacial score (nSPS) is 28.8. The molecule has 2 aliphatic rings. The molecule has 0 aromatic heterocycles. The Labute approximate surface area is 94.2 Å². The Morgan fingerprint density at radius 1 is 1.38 bits per heavy atom. The second-order valence-corrected chi connectivity index (χ2v) is 5.10. The van der Waals surface area contributed by atoms with E-state index in [9.17, 15) is 14.4 Å². The number of amides is 4. The Bertz CT molecular complexity index is 360. The van der Waals surface area contributed by atoms with E-state index in [-0.39, 0.29) is 11.3 Å². The molecule has 1 unspecified atom stereocenters. The fourth-order valence-electron chi connectivity index (χ4n) is 2.20. The van der Waals surface area contributed by atoms with Crippen molar-refractivity contribution >= 4 is 17.8 Å². The quantitative estimate of drug-likeness (QED) is 0.708. The molecule has 1 N–H and O–H groups in total. The van der Waals surface area contributed by atoms with Gasteiger partial charge in [0.05, 0.1) is 0 Å². The summed E-state index contributed by atoms with van der Waals surface area (Å²) in [5.74, 6) is -1.62. The number of imide groups is 2. The van der Waals surface area contributed by atoms with Gasteiger partial charge in [-0.2, -0.15) is 0 Å². The fourth-order valence-corrected chi connectivity index (χ4v) is 2.20. The van der Waals surface area contributed by atoms with Gasteiger partial charge < -0.3 is 0 Å². The largest absolute Gasteiger partial charge is 0.330 e. The van der Waals surface area contributed by atoms with Gasteiger partial charge in [-0.05, 0) is 25.2 Å². The number of rotatable bonds is 2. The molecule has 2 rings (SSSR count). The van der Waals surface area contributed by atoms with Crippen LogP contribution in [0.2, 0.25) is 0 Å². The van der Waals surface area contributed by atoms with Gasteiger partial charge in [-0.15, -0.1) is 0 Å². The lowest BCUT2D eigenvalue weighted by molar-refractivity contribution is -0.143. The van der Waals surface area contributed by atoms with Gasteiger partial charge in [-0.3, -0.25) is 19.8 Å². The molecule has 1 saturated heterocycles. The first-order valence-electron chi connectivity index (χ1n) is 5.59. The van der Waals surface area contributed by atoms with Crippen LogP contribution in [0.3, 0.4) is 0 Å². The van der Waals surface area contributed by atoms with Gasteiger partial charge in [0.1, 0.15) is 5.92 Å². The van der Waals surface area contributed by atoms with Crippen molar-refractivity contribution < 1.29 is 14.4 Å². The first kappa shape index (κ1) is 11.1. The van der Waals surface area contributed by atoms with Crippen LogP contribution in [-0.2, 0) is 9.59 Å². The first-order valence-corrected chi connectivity index (χ1v) is 5.59. The van der Waals surface area contributed by atoms with E-state index in [1.54, 1.807) is 0 Å². The van der Waals surface area contributed by atoms with Crippen molar-refractivity contribution in [2.75, 3.05) is 6.54 Å². The maximum atomic E-state index is 11.8. The minimum absolute atomic E-state index is 0.0487. The first-order chi connectivity index (χ1) is 7.43. The molecule has 1 aliphatic heterocycles. The number of hydrogen-bond donors (Lipinski definition) is 1.